The average Bonchev–Trinajstić information content (AvgIpc) is 3.16. The summed E-state index contributed by atoms with van der Waals surface area (Å²) in [6.45, 7) is 7.40. The number of hydrogen-bond acceptors (Lipinski definition) is 4. The van der Waals surface area contributed by atoms with Crippen LogP contribution in [0.25, 0.3) is 0 Å². The van der Waals surface area contributed by atoms with E-state index >= 15 is 0 Å². The number of nitrogens with zero attached hydrogens (tertiary/aromatic N) is 2. The first kappa shape index (κ1) is 16.5. The summed E-state index contributed by atoms with van der Waals surface area (Å²) in [6, 6.07) is 0. The fraction of sp³-hybridized carbons (Fsp3) is 0.786. The standard InChI is InChI=1S/C14H26N4O2S/c1-4-14(6-7-14)10-16-21(19,20)13-11(2)17-18(12(13)3)9-5-8-15/h16H,4-10,15H2,1-3H3. The summed E-state index contributed by atoms with van der Waals surface area (Å²) in [5.41, 5.74) is 6.93. The van der Waals surface area contributed by atoms with E-state index in [9.17, 15) is 8.42 Å². The van der Waals surface area contributed by atoms with Crippen molar-refractivity contribution in [2.24, 2.45) is 11.1 Å². The Morgan fingerprint density at radius 3 is 2.57 bits per heavy atom. The van der Waals surface area contributed by atoms with E-state index in [1.54, 1.807) is 18.5 Å². The third kappa shape index (κ3) is 3.46. The molecule has 0 saturated heterocycles. The zero-order valence-corrected chi connectivity index (χ0v) is 14.0. The predicted molar refractivity (Wildman–Crippen MR) is 82.5 cm³/mol. The van der Waals surface area contributed by atoms with E-state index in [0.29, 0.717) is 35.9 Å². The Labute approximate surface area is 127 Å². The Bertz CT molecular complexity index is 603. The van der Waals surface area contributed by atoms with Crippen LogP contribution >= 0.6 is 0 Å². The second-order valence-corrected chi connectivity index (χ2v) is 7.75. The largest absolute Gasteiger partial charge is 0.330 e. The third-order valence-electron chi connectivity index (χ3n) is 4.50. The van der Waals surface area contributed by atoms with Crippen LogP contribution in [0.3, 0.4) is 0 Å². The first-order chi connectivity index (χ1) is 9.85. The van der Waals surface area contributed by atoms with Crippen molar-refractivity contribution < 1.29 is 8.42 Å². The molecular formula is C14H26N4O2S. The molecule has 1 aliphatic rings. The van der Waals surface area contributed by atoms with Gasteiger partial charge in [0.25, 0.3) is 0 Å². The molecule has 0 radical (unpaired) electrons. The lowest BCUT2D eigenvalue weighted by molar-refractivity contribution is 0.475. The van der Waals surface area contributed by atoms with Crippen LogP contribution < -0.4 is 10.5 Å². The molecule has 1 heterocycles. The van der Waals surface area contributed by atoms with E-state index < -0.39 is 10.0 Å². The molecule has 1 saturated carbocycles. The van der Waals surface area contributed by atoms with Crippen LogP contribution in [-0.4, -0.2) is 31.3 Å². The monoisotopic (exact) mass is 314 g/mol. The minimum Gasteiger partial charge on any atom is -0.330 e. The zero-order chi connectivity index (χ0) is 15.7. The van der Waals surface area contributed by atoms with Gasteiger partial charge in [0.15, 0.2) is 0 Å². The normalized spacial score (nSPS) is 17.1. The van der Waals surface area contributed by atoms with E-state index in [1.807, 2.05) is 0 Å². The van der Waals surface area contributed by atoms with Crippen molar-refractivity contribution >= 4 is 10.0 Å². The van der Waals surface area contributed by atoms with Gasteiger partial charge in [0, 0.05) is 13.1 Å². The molecule has 1 aromatic rings. The summed E-state index contributed by atoms with van der Waals surface area (Å²) in [7, 11) is -3.49. The summed E-state index contributed by atoms with van der Waals surface area (Å²) in [5, 5.41) is 4.34. The number of aromatic nitrogens is 2. The highest BCUT2D eigenvalue weighted by atomic mass is 32.2. The molecule has 6 nitrogen and oxygen atoms in total. The van der Waals surface area contributed by atoms with E-state index in [1.165, 1.54) is 0 Å². The molecule has 1 aromatic heterocycles. The summed E-state index contributed by atoms with van der Waals surface area (Å²) in [6.07, 6.45) is 4.02. The number of nitrogens with one attached hydrogen (secondary N) is 1. The Morgan fingerprint density at radius 2 is 2.05 bits per heavy atom. The van der Waals surface area contributed by atoms with Crippen LogP contribution in [0.4, 0.5) is 0 Å². The van der Waals surface area contributed by atoms with Gasteiger partial charge in [-0.3, -0.25) is 4.68 Å². The maximum absolute atomic E-state index is 12.6. The van der Waals surface area contributed by atoms with Crippen molar-refractivity contribution in [1.29, 1.82) is 0 Å². The van der Waals surface area contributed by atoms with E-state index in [4.69, 9.17) is 5.73 Å². The van der Waals surface area contributed by atoms with Crippen molar-refractivity contribution in [3.63, 3.8) is 0 Å². The van der Waals surface area contributed by atoms with Gasteiger partial charge in [-0.05, 0) is 51.5 Å². The van der Waals surface area contributed by atoms with Gasteiger partial charge in [0.2, 0.25) is 10.0 Å². The maximum Gasteiger partial charge on any atom is 0.244 e. The maximum atomic E-state index is 12.6. The molecule has 1 fully saturated rings. The number of sulfonamides is 1. The van der Waals surface area contributed by atoms with Crippen molar-refractivity contribution in [3.05, 3.63) is 11.4 Å². The highest BCUT2D eigenvalue weighted by Gasteiger charge is 2.41. The van der Waals surface area contributed by atoms with Crippen LogP contribution in [0.5, 0.6) is 0 Å². The molecule has 7 heteroatoms. The molecule has 120 valence electrons. The van der Waals surface area contributed by atoms with Gasteiger partial charge in [-0.15, -0.1) is 0 Å². The van der Waals surface area contributed by atoms with Gasteiger partial charge in [-0.25, -0.2) is 13.1 Å². The Balaban J connectivity index is 2.17. The number of hydrogen-bond donors (Lipinski definition) is 2. The molecule has 0 bridgehead atoms. The van der Waals surface area contributed by atoms with Crippen LogP contribution in [0.2, 0.25) is 0 Å². The Hall–Kier alpha value is -0.920. The van der Waals surface area contributed by atoms with Gasteiger partial charge < -0.3 is 5.73 Å². The first-order valence-corrected chi connectivity index (χ1v) is 9.07. The van der Waals surface area contributed by atoms with Crippen LogP contribution in [0.1, 0.15) is 44.0 Å². The lowest BCUT2D eigenvalue weighted by atomic mass is 10.1. The highest BCUT2D eigenvalue weighted by Crippen LogP contribution is 2.48. The smallest absolute Gasteiger partial charge is 0.244 e. The predicted octanol–water partition coefficient (Wildman–Crippen LogP) is 1.32. The molecule has 0 amide bonds. The molecule has 0 atom stereocenters. The summed E-state index contributed by atoms with van der Waals surface area (Å²) in [5.74, 6) is 0. The molecule has 3 N–H and O–H groups in total. The van der Waals surface area contributed by atoms with Gasteiger partial charge in [-0.1, -0.05) is 6.92 Å². The molecule has 1 aliphatic carbocycles. The van der Waals surface area contributed by atoms with Gasteiger partial charge >= 0.3 is 0 Å². The SMILES string of the molecule is CCC1(CNS(=O)(=O)c2c(C)nn(CCCN)c2C)CC1. The van der Waals surface area contributed by atoms with Crippen LogP contribution in [0, 0.1) is 19.3 Å². The van der Waals surface area contributed by atoms with Crippen LogP contribution in [-0.2, 0) is 16.6 Å². The number of nitrogens with two attached hydrogens (primary N) is 1. The van der Waals surface area contributed by atoms with Gasteiger partial charge in [0.1, 0.15) is 4.90 Å². The first-order valence-electron chi connectivity index (χ1n) is 7.59. The molecule has 0 aromatic carbocycles. The minimum atomic E-state index is -3.49. The van der Waals surface area contributed by atoms with Crippen molar-refractivity contribution in [2.45, 2.75) is 57.9 Å². The fourth-order valence-corrected chi connectivity index (χ4v) is 4.25. The molecule has 0 unspecified atom stereocenters. The van der Waals surface area contributed by atoms with Gasteiger partial charge in [-0.2, -0.15) is 5.10 Å². The fourth-order valence-electron chi connectivity index (χ4n) is 2.68. The van der Waals surface area contributed by atoms with Gasteiger partial charge in [0.05, 0.1) is 11.4 Å². The van der Waals surface area contributed by atoms with Crippen molar-refractivity contribution in [3.8, 4) is 0 Å². The average molecular weight is 314 g/mol. The van der Waals surface area contributed by atoms with E-state index in [0.717, 1.165) is 25.7 Å². The summed E-state index contributed by atoms with van der Waals surface area (Å²) < 4.78 is 29.6. The molecular weight excluding hydrogens is 288 g/mol. The zero-order valence-electron chi connectivity index (χ0n) is 13.1. The molecule has 2 rings (SSSR count). The lowest BCUT2D eigenvalue weighted by Gasteiger charge is -2.14. The topological polar surface area (TPSA) is 90.0 Å². The van der Waals surface area contributed by atoms with Crippen molar-refractivity contribution in [2.75, 3.05) is 13.1 Å². The second kappa shape index (κ2) is 6.06. The van der Waals surface area contributed by atoms with Crippen LogP contribution in [0.15, 0.2) is 4.90 Å². The Kier molecular flexibility index (Phi) is 4.75. The molecule has 21 heavy (non-hydrogen) atoms. The van der Waals surface area contributed by atoms with E-state index in [-0.39, 0.29) is 5.41 Å². The minimum absolute atomic E-state index is 0.185. The summed E-state index contributed by atoms with van der Waals surface area (Å²) >= 11 is 0. The number of rotatable bonds is 8. The quantitative estimate of drug-likeness (QED) is 0.757. The number of aryl methyl sites for hydroxylation is 2. The third-order valence-corrected chi connectivity index (χ3v) is 6.15. The van der Waals surface area contributed by atoms with Crippen molar-refractivity contribution in [1.82, 2.24) is 14.5 Å². The Morgan fingerprint density at radius 1 is 1.38 bits per heavy atom. The molecule has 0 spiro atoms. The summed E-state index contributed by atoms with van der Waals surface area (Å²) in [4.78, 5) is 0.325. The highest BCUT2D eigenvalue weighted by molar-refractivity contribution is 7.89. The van der Waals surface area contributed by atoms with E-state index in [2.05, 4.69) is 16.7 Å². The molecule has 0 aliphatic heterocycles. The second-order valence-electron chi connectivity index (χ2n) is 6.04. The lowest BCUT2D eigenvalue weighted by Crippen LogP contribution is -2.30.